The van der Waals surface area contributed by atoms with Gasteiger partial charge in [0.25, 0.3) is 23.4 Å². The summed E-state index contributed by atoms with van der Waals surface area (Å²) in [5.74, 6) is -3.01. The Bertz CT molecular complexity index is 814. The van der Waals surface area contributed by atoms with E-state index in [1.54, 1.807) is 4.90 Å². The number of likely N-dealkylation sites (tertiary alicyclic amines) is 1. The highest BCUT2D eigenvalue weighted by Crippen LogP contribution is 2.30. The van der Waals surface area contributed by atoms with Crippen LogP contribution in [0, 0.1) is 10.1 Å². The van der Waals surface area contributed by atoms with Crippen molar-refractivity contribution in [1.29, 1.82) is 0 Å². The third-order valence-electron chi connectivity index (χ3n) is 4.28. The lowest BCUT2D eigenvalue weighted by Gasteiger charge is -2.16. The van der Waals surface area contributed by atoms with Crippen molar-refractivity contribution in [2.24, 2.45) is 0 Å². The molecule has 1 fully saturated rings. The summed E-state index contributed by atoms with van der Waals surface area (Å²) in [5, 5.41) is 11.0. The Morgan fingerprint density at radius 3 is 2.50 bits per heavy atom. The number of nitrogens with zero attached hydrogens (tertiary/aromatic N) is 3. The van der Waals surface area contributed by atoms with E-state index in [4.69, 9.17) is 4.74 Å². The third kappa shape index (κ3) is 3.13. The van der Waals surface area contributed by atoms with Crippen molar-refractivity contribution in [1.82, 2.24) is 9.80 Å². The first-order valence-corrected chi connectivity index (χ1v) is 7.97. The summed E-state index contributed by atoms with van der Waals surface area (Å²) < 4.78 is 4.84. The van der Waals surface area contributed by atoms with Crippen LogP contribution in [0.3, 0.4) is 0 Å². The maximum Gasteiger partial charge on any atom is 0.326 e. The fourth-order valence-corrected chi connectivity index (χ4v) is 2.99. The molecule has 0 N–H and O–H groups in total. The summed E-state index contributed by atoms with van der Waals surface area (Å²) in [4.78, 5) is 60.8. The van der Waals surface area contributed by atoms with Crippen molar-refractivity contribution in [2.45, 2.75) is 12.8 Å². The molecule has 0 atom stereocenters. The Morgan fingerprint density at radius 2 is 1.85 bits per heavy atom. The molecule has 1 saturated heterocycles. The zero-order chi connectivity index (χ0) is 18.8. The predicted molar refractivity (Wildman–Crippen MR) is 85.2 cm³/mol. The number of carbonyl (C=O) groups excluding carboxylic acids is 4. The lowest BCUT2D eigenvalue weighted by molar-refractivity contribution is -0.385. The molecule has 10 nitrogen and oxygen atoms in total. The minimum atomic E-state index is -0.935. The van der Waals surface area contributed by atoms with Crippen LogP contribution in [0.1, 0.15) is 33.6 Å². The van der Waals surface area contributed by atoms with Crippen LogP contribution >= 0.6 is 0 Å². The largest absolute Gasteiger partial charge is 0.454 e. The molecular weight excluding hydrogens is 346 g/mol. The van der Waals surface area contributed by atoms with Gasteiger partial charge in [-0.3, -0.25) is 34.2 Å². The van der Waals surface area contributed by atoms with E-state index in [-0.39, 0.29) is 17.0 Å². The molecule has 1 aromatic rings. The smallest absolute Gasteiger partial charge is 0.326 e. The summed E-state index contributed by atoms with van der Waals surface area (Å²) in [7, 11) is 0. The molecule has 1 aromatic carbocycles. The fourth-order valence-electron chi connectivity index (χ4n) is 2.99. The number of rotatable bonds is 5. The zero-order valence-corrected chi connectivity index (χ0v) is 13.7. The number of hydrogen-bond donors (Lipinski definition) is 0. The van der Waals surface area contributed by atoms with Crippen LogP contribution in [0.5, 0.6) is 0 Å². The number of benzene rings is 1. The van der Waals surface area contributed by atoms with E-state index < -0.39 is 41.5 Å². The summed E-state index contributed by atoms with van der Waals surface area (Å²) in [5.41, 5.74) is -0.977. The Kier molecular flexibility index (Phi) is 4.65. The average Bonchev–Trinajstić information content (AvgIpc) is 3.23. The number of esters is 1. The van der Waals surface area contributed by atoms with Gasteiger partial charge in [-0.2, -0.15) is 0 Å². The standard InChI is InChI=1S/C16H15N3O7/c20-12(17-6-1-2-7-17)9-26-13(21)8-18-15(22)10-4-3-5-11(19(24)25)14(10)16(18)23/h3-5H,1-2,6-9H2. The summed E-state index contributed by atoms with van der Waals surface area (Å²) >= 11 is 0. The maximum atomic E-state index is 12.3. The van der Waals surface area contributed by atoms with Crippen LogP contribution < -0.4 is 0 Å². The summed E-state index contributed by atoms with van der Waals surface area (Å²) in [6.45, 7) is 0.0375. The van der Waals surface area contributed by atoms with Gasteiger partial charge < -0.3 is 9.64 Å². The van der Waals surface area contributed by atoms with Crippen molar-refractivity contribution in [3.63, 3.8) is 0 Å². The van der Waals surface area contributed by atoms with Crippen LogP contribution in [0.15, 0.2) is 18.2 Å². The van der Waals surface area contributed by atoms with E-state index >= 15 is 0 Å². The quantitative estimate of drug-likeness (QED) is 0.320. The SMILES string of the molecule is O=C(CN1C(=O)c2cccc([N+](=O)[O-])c2C1=O)OCC(=O)N1CCCC1. The molecule has 0 aliphatic carbocycles. The number of nitro groups is 1. The second-order valence-electron chi connectivity index (χ2n) is 5.90. The van der Waals surface area contributed by atoms with Crippen molar-refractivity contribution >= 4 is 29.4 Å². The van der Waals surface area contributed by atoms with Gasteiger partial charge in [-0.1, -0.05) is 6.07 Å². The lowest BCUT2D eigenvalue weighted by Crippen LogP contribution is -2.38. The van der Waals surface area contributed by atoms with Crippen molar-refractivity contribution < 1.29 is 28.8 Å². The van der Waals surface area contributed by atoms with E-state index in [1.807, 2.05) is 0 Å². The highest BCUT2D eigenvalue weighted by Gasteiger charge is 2.42. The topological polar surface area (TPSA) is 127 Å². The monoisotopic (exact) mass is 361 g/mol. The van der Waals surface area contributed by atoms with Crippen LogP contribution in [0.4, 0.5) is 5.69 Å². The van der Waals surface area contributed by atoms with Crippen LogP contribution in [0.2, 0.25) is 0 Å². The second kappa shape index (κ2) is 6.90. The van der Waals surface area contributed by atoms with E-state index in [1.165, 1.54) is 12.1 Å². The molecule has 0 spiro atoms. The second-order valence-corrected chi connectivity index (χ2v) is 5.90. The molecule has 3 rings (SSSR count). The molecule has 2 heterocycles. The van der Waals surface area contributed by atoms with Gasteiger partial charge in [0.05, 0.1) is 10.5 Å². The number of hydrogen-bond acceptors (Lipinski definition) is 7. The third-order valence-corrected chi connectivity index (χ3v) is 4.28. The summed E-state index contributed by atoms with van der Waals surface area (Å²) in [6, 6.07) is 3.68. The molecule has 2 aliphatic heterocycles. The number of imide groups is 1. The van der Waals surface area contributed by atoms with Crippen molar-refractivity contribution in [3.05, 3.63) is 39.4 Å². The van der Waals surface area contributed by atoms with Crippen LogP contribution in [-0.4, -0.2) is 64.7 Å². The Labute approximate surface area is 147 Å². The van der Waals surface area contributed by atoms with Gasteiger partial charge >= 0.3 is 5.97 Å². The van der Waals surface area contributed by atoms with Crippen molar-refractivity contribution in [3.8, 4) is 0 Å². The fraction of sp³-hybridized carbons (Fsp3) is 0.375. The van der Waals surface area contributed by atoms with Gasteiger partial charge in [0.15, 0.2) is 6.61 Å². The highest BCUT2D eigenvalue weighted by molar-refractivity contribution is 6.24. The first-order chi connectivity index (χ1) is 12.4. The molecule has 10 heteroatoms. The molecular formula is C16H15N3O7. The van der Waals surface area contributed by atoms with E-state index in [0.717, 1.165) is 18.9 Å². The Balaban J connectivity index is 1.65. The van der Waals surface area contributed by atoms with Gasteiger partial charge in [0, 0.05) is 19.2 Å². The average molecular weight is 361 g/mol. The molecule has 26 heavy (non-hydrogen) atoms. The molecule has 2 aliphatic rings. The van der Waals surface area contributed by atoms with Gasteiger partial charge in [-0.05, 0) is 18.9 Å². The number of carbonyl (C=O) groups is 4. The minimum absolute atomic E-state index is 0.134. The Morgan fingerprint density at radius 1 is 1.15 bits per heavy atom. The molecule has 3 amide bonds. The normalized spacial score (nSPS) is 16.0. The number of amides is 3. The van der Waals surface area contributed by atoms with Gasteiger partial charge in [-0.15, -0.1) is 0 Å². The van der Waals surface area contributed by atoms with E-state index in [0.29, 0.717) is 18.0 Å². The van der Waals surface area contributed by atoms with E-state index in [2.05, 4.69) is 0 Å². The van der Waals surface area contributed by atoms with Crippen LogP contribution in [-0.2, 0) is 14.3 Å². The Hall–Kier alpha value is -3.30. The molecule has 0 saturated carbocycles. The van der Waals surface area contributed by atoms with Gasteiger partial charge in [0.1, 0.15) is 12.1 Å². The van der Waals surface area contributed by atoms with Gasteiger partial charge in [0.2, 0.25) is 0 Å². The maximum absolute atomic E-state index is 12.3. The zero-order valence-electron chi connectivity index (χ0n) is 13.7. The first-order valence-electron chi connectivity index (χ1n) is 7.97. The molecule has 0 unspecified atom stereocenters. The van der Waals surface area contributed by atoms with E-state index in [9.17, 15) is 29.3 Å². The van der Waals surface area contributed by atoms with Crippen molar-refractivity contribution in [2.75, 3.05) is 26.2 Å². The molecule has 0 bridgehead atoms. The summed E-state index contributed by atoms with van der Waals surface area (Å²) in [6.07, 6.45) is 1.79. The minimum Gasteiger partial charge on any atom is -0.454 e. The lowest BCUT2D eigenvalue weighted by atomic mass is 10.1. The number of fused-ring (bicyclic) bond motifs is 1. The number of ether oxygens (including phenoxy) is 1. The first kappa shape index (κ1) is 17.5. The predicted octanol–water partition coefficient (Wildman–Crippen LogP) is 0.356. The van der Waals surface area contributed by atoms with Crippen LogP contribution in [0.25, 0.3) is 0 Å². The molecule has 0 aromatic heterocycles. The highest BCUT2D eigenvalue weighted by atomic mass is 16.6. The number of nitro benzene ring substituents is 1. The van der Waals surface area contributed by atoms with Gasteiger partial charge in [-0.25, -0.2) is 0 Å². The molecule has 136 valence electrons. The molecule has 0 radical (unpaired) electrons.